The Balaban J connectivity index is 1.95. The first-order chi connectivity index (χ1) is 14.8. The molecule has 0 fully saturated rings. The number of rotatable bonds is 7. The molecule has 3 aromatic rings. The molecule has 0 amide bonds. The predicted octanol–water partition coefficient (Wildman–Crippen LogP) is 5.68. The van der Waals surface area contributed by atoms with Gasteiger partial charge in [-0.2, -0.15) is 13.3 Å². The number of nitrogens with one attached hydrogen (secondary N) is 1. The second-order valence-corrected chi connectivity index (χ2v) is 8.25. The molecule has 1 heterocycles. The van der Waals surface area contributed by atoms with Gasteiger partial charge in [0.15, 0.2) is 23.1 Å². The van der Waals surface area contributed by atoms with Gasteiger partial charge in [-0.3, -0.25) is 0 Å². The van der Waals surface area contributed by atoms with Gasteiger partial charge >= 0.3 is 0 Å². The Morgan fingerprint density at radius 3 is 2.16 bits per heavy atom. The van der Waals surface area contributed by atoms with Crippen LogP contribution in [0.25, 0.3) is 11.5 Å². The van der Waals surface area contributed by atoms with Crippen molar-refractivity contribution in [1.29, 1.82) is 0 Å². The van der Waals surface area contributed by atoms with Crippen molar-refractivity contribution in [3.8, 4) is 0 Å². The van der Waals surface area contributed by atoms with Crippen LogP contribution in [0.4, 0.5) is 20.2 Å². The van der Waals surface area contributed by atoms with E-state index in [1.807, 2.05) is 61.7 Å². The molecule has 3 rings (SSSR count). The highest BCUT2D eigenvalue weighted by Gasteiger charge is 2.24. The van der Waals surface area contributed by atoms with Crippen LogP contribution in [-0.4, -0.2) is 29.9 Å². The van der Waals surface area contributed by atoms with E-state index in [4.69, 9.17) is 12.2 Å². The Labute approximate surface area is 189 Å². The van der Waals surface area contributed by atoms with Crippen LogP contribution in [-0.2, 0) is 0 Å². The van der Waals surface area contributed by atoms with E-state index in [0.29, 0.717) is 38.6 Å². The topological polar surface area (TPSA) is 39.4 Å². The molecule has 1 aromatic heterocycles. The van der Waals surface area contributed by atoms with Crippen molar-refractivity contribution in [2.75, 3.05) is 24.3 Å². The first-order valence-electron chi connectivity index (χ1n) is 9.39. The predicted molar refractivity (Wildman–Crippen MR) is 128 cm³/mol. The Morgan fingerprint density at radius 2 is 1.61 bits per heavy atom. The summed E-state index contributed by atoms with van der Waals surface area (Å²) >= 11 is 6.10. The largest absolute Gasteiger partial charge is 0.502 e. The van der Waals surface area contributed by atoms with E-state index in [0.717, 1.165) is 5.69 Å². The molecule has 0 saturated carbocycles. The summed E-state index contributed by atoms with van der Waals surface area (Å²) in [5, 5.41) is 14.1. The van der Waals surface area contributed by atoms with Crippen molar-refractivity contribution in [2.24, 2.45) is 0 Å². The van der Waals surface area contributed by atoms with Gasteiger partial charge in [0.1, 0.15) is 0 Å². The Morgan fingerprint density at radius 1 is 1.00 bits per heavy atom. The number of aliphatic hydroxyl groups is 1. The van der Waals surface area contributed by atoms with Crippen molar-refractivity contribution in [1.82, 2.24) is 0 Å². The number of pyridine rings is 1. The monoisotopic (exact) mass is 458 g/mol. The van der Waals surface area contributed by atoms with E-state index in [9.17, 15) is 13.9 Å². The molecule has 0 aliphatic heterocycles. The average Bonchev–Trinajstić information content (AvgIpc) is 2.76. The first kappa shape index (κ1) is 22.7. The third kappa shape index (κ3) is 6.02. The summed E-state index contributed by atoms with van der Waals surface area (Å²) < 4.78 is 26.8. The van der Waals surface area contributed by atoms with Crippen molar-refractivity contribution in [2.45, 2.75) is 10.7 Å². The Hall–Kier alpha value is -2.97. The SMILES string of the molecule is CN(C)c1cc[n+](/C(C(=S)Nc2ccc(SC(F)F)cc2)=C(/O)c2ccccc2)cc1. The fraction of sp³-hybridized carbons (Fsp3) is 0.130. The van der Waals surface area contributed by atoms with Crippen LogP contribution in [0.5, 0.6) is 0 Å². The summed E-state index contributed by atoms with van der Waals surface area (Å²) in [5.74, 6) is -2.45. The average molecular weight is 459 g/mol. The van der Waals surface area contributed by atoms with E-state index in [-0.39, 0.29) is 5.76 Å². The van der Waals surface area contributed by atoms with E-state index < -0.39 is 5.76 Å². The maximum absolute atomic E-state index is 12.5. The fourth-order valence-electron chi connectivity index (χ4n) is 2.86. The zero-order valence-electron chi connectivity index (χ0n) is 17.0. The lowest BCUT2D eigenvalue weighted by Gasteiger charge is -2.13. The molecule has 4 nitrogen and oxygen atoms in total. The molecule has 0 spiro atoms. The minimum atomic E-state index is -2.47. The van der Waals surface area contributed by atoms with Crippen LogP contribution in [0.1, 0.15) is 5.56 Å². The maximum Gasteiger partial charge on any atom is 0.288 e. The van der Waals surface area contributed by atoms with Crippen molar-refractivity contribution in [3.63, 3.8) is 0 Å². The second-order valence-electron chi connectivity index (χ2n) is 6.78. The van der Waals surface area contributed by atoms with E-state index in [2.05, 4.69) is 5.32 Å². The van der Waals surface area contributed by atoms with E-state index in [1.54, 1.807) is 41.0 Å². The lowest BCUT2D eigenvalue weighted by Crippen LogP contribution is -2.38. The van der Waals surface area contributed by atoms with Crippen LogP contribution >= 0.6 is 24.0 Å². The minimum Gasteiger partial charge on any atom is -0.502 e. The molecule has 0 unspecified atom stereocenters. The Kier molecular flexibility index (Phi) is 7.59. The number of hydrogen-bond acceptors (Lipinski definition) is 4. The number of nitrogens with zero attached hydrogens (tertiary/aromatic N) is 2. The molecule has 0 radical (unpaired) electrons. The lowest BCUT2D eigenvalue weighted by molar-refractivity contribution is -0.575. The van der Waals surface area contributed by atoms with Gasteiger partial charge in [0.05, 0.1) is 0 Å². The fourth-order valence-corrected chi connectivity index (χ4v) is 3.67. The molecule has 0 atom stereocenters. The highest BCUT2D eigenvalue weighted by Crippen LogP contribution is 2.26. The van der Waals surface area contributed by atoms with Gasteiger partial charge in [-0.05, 0) is 24.3 Å². The first-order valence-corrected chi connectivity index (χ1v) is 10.7. The van der Waals surface area contributed by atoms with Crippen molar-refractivity contribution >= 4 is 51.8 Å². The third-order valence-corrected chi connectivity index (χ3v) is 5.43. The number of anilines is 2. The van der Waals surface area contributed by atoms with Gasteiger partial charge < -0.3 is 15.3 Å². The molecule has 160 valence electrons. The number of alkyl halides is 2. The van der Waals surface area contributed by atoms with Crippen molar-refractivity contribution < 1.29 is 18.5 Å². The molecule has 0 saturated heterocycles. The van der Waals surface area contributed by atoms with Crippen LogP contribution in [0.3, 0.4) is 0 Å². The molecule has 0 bridgehead atoms. The van der Waals surface area contributed by atoms with Crippen molar-refractivity contribution in [3.05, 3.63) is 84.7 Å². The van der Waals surface area contributed by atoms with Gasteiger partial charge in [0.25, 0.3) is 11.5 Å². The quantitative estimate of drug-likeness (QED) is 0.157. The van der Waals surface area contributed by atoms with E-state index in [1.165, 1.54) is 0 Å². The summed E-state index contributed by atoms with van der Waals surface area (Å²) in [7, 11) is 3.89. The minimum absolute atomic E-state index is 0.0191. The molecular weight excluding hydrogens is 436 g/mol. The molecule has 2 N–H and O–H groups in total. The summed E-state index contributed by atoms with van der Waals surface area (Å²) in [6.07, 6.45) is 3.64. The number of aromatic nitrogens is 1. The van der Waals surface area contributed by atoms with Crippen LogP contribution in [0.15, 0.2) is 84.0 Å². The van der Waals surface area contributed by atoms with Crippen LogP contribution in [0.2, 0.25) is 0 Å². The van der Waals surface area contributed by atoms with Gasteiger partial charge in [-0.25, -0.2) is 0 Å². The van der Waals surface area contributed by atoms with Gasteiger partial charge in [0.2, 0.25) is 0 Å². The standard InChI is InChI=1S/C23H21F2N3OS2/c1-27(2)18-12-14-28(15-13-18)20(21(29)16-6-4-3-5-7-16)22(30)26-17-8-10-19(11-9-17)31-23(24)25/h3-15,23H,1-2H3,(H-,26,29,30)/p+1. The maximum atomic E-state index is 12.5. The van der Waals surface area contributed by atoms with Gasteiger partial charge in [-0.1, -0.05) is 54.3 Å². The van der Waals surface area contributed by atoms with E-state index >= 15 is 0 Å². The number of hydrogen-bond donors (Lipinski definition) is 2. The molecule has 2 aromatic carbocycles. The molecule has 0 aliphatic carbocycles. The molecule has 31 heavy (non-hydrogen) atoms. The summed E-state index contributed by atoms with van der Waals surface area (Å²) in [6.45, 7) is 0. The highest BCUT2D eigenvalue weighted by molar-refractivity contribution is 7.99. The van der Waals surface area contributed by atoms with Gasteiger partial charge in [0, 0.05) is 48.1 Å². The smallest absolute Gasteiger partial charge is 0.288 e. The highest BCUT2D eigenvalue weighted by atomic mass is 32.2. The summed E-state index contributed by atoms with van der Waals surface area (Å²) in [5.41, 5.74) is 2.65. The van der Waals surface area contributed by atoms with Gasteiger partial charge in [-0.15, -0.1) is 0 Å². The summed E-state index contributed by atoms with van der Waals surface area (Å²) in [4.78, 5) is 2.72. The number of aliphatic hydroxyl groups excluding tert-OH is 1. The lowest BCUT2D eigenvalue weighted by atomic mass is 10.1. The number of benzene rings is 2. The zero-order chi connectivity index (χ0) is 22.4. The third-order valence-electron chi connectivity index (χ3n) is 4.41. The number of thiocarbonyl (C=S) groups is 1. The van der Waals surface area contributed by atoms with Crippen LogP contribution in [0, 0.1) is 0 Å². The molecule has 8 heteroatoms. The normalized spacial score (nSPS) is 11.8. The summed E-state index contributed by atoms with van der Waals surface area (Å²) in [6, 6.07) is 19.5. The Bertz CT molecular complexity index is 1050. The van der Waals surface area contributed by atoms with Crippen LogP contribution < -0.4 is 14.8 Å². The molecule has 0 aliphatic rings. The molecular formula is C23H22F2N3OS2+. The number of thioether (sulfide) groups is 1. The second kappa shape index (κ2) is 10.4. The number of halogens is 2. The zero-order valence-corrected chi connectivity index (χ0v) is 18.6.